The highest BCUT2D eigenvalue weighted by atomic mass is 15.3. The molecule has 6 nitrogen and oxygen atoms in total. The Kier molecular flexibility index (Phi) is 6.88. The smallest absolute Gasteiger partial charge is 0.191 e. The first-order chi connectivity index (χ1) is 14.0. The summed E-state index contributed by atoms with van der Waals surface area (Å²) in [6.45, 7) is 5.73. The van der Waals surface area contributed by atoms with Crippen LogP contribution in [0.4, 0.5) is 0 Å². The number of aliphatic imine (C=N–C) groups is 1. The lowest BCUT2D eigenvalue weighted by atomic mass is 10.00. The molecule has 3 rings (SSSR count). The molecule has 1 heterocycles. The molecule has 154 valence electrons. The largest absolute Gasteiger partial charge is 0.357 e. The summed E-state index contributed by atoms with van der Waals surface area (Å²) in [5, 5.41) is 13.8. The highest BCUT2D eigenvalue weighted by molar-refractivity contribution is 5.87. The molecule has 1 aromatic heterocycles. The van der Waals surface area contributed by atoms with Crippen molar-refractivity contribution in [3.63, 3.8) is 0 Å². The van der Waals surface area contributed by atoms with Crippen LogP contribution in [0.25, 0.3) is 10.8 Å². The number of benzene rings is 2. The number of aryl methyl sites for hydroxylation is 1. The van der Waals surface area contributed by atoms with Gasteiger partial charge in [0, 0.05) is 25.4 Å². The highest BCUT2D eigenvalue weighted by Crippen LogP contribution is 2.24. The van der Waals surface area contributed by atoms with Crippen molar-refractivity contribution in [3.05, 3.63) is 66.0 Å². The third-order valence-electron chi connectivity index (χ3n) is 5.14. The summed E-state index contributed by atoms with van der Waals surface area (Å²) in [7, 11) is 6.09. The van der Waals surface area contributed by atoms with Crippen LogP contribution in [0.1, 0.15) is 37.1 Å². The molecule has 0 aliphatic carbocycles. The molecule has 2 N–H and O–H groups in total. The van der Waals surface area contributed by atoms with Crippen LogP contribution >= 0.6 is 0 Å². The summed E-state index contributed by atoms with van der Waals surface area (Å²) < 4.78 is 1.83. The van der Waals surface area contributed by atoms with Crippen LogP contribution in [0, 0.1) is 0 Å². The average Bonchev–Trinajstić information content (AvgIpc) is 3.13. The SMILES string of the molecule is CCNC(=NCC(c1cnn(C)c1)N(C)C)NC(C)c1cccc2ccccc12. The zero-order chi connectivity index (χ0) is 20.8. The van der Waals surface area contributed by atoms with E-state index in [1.165, 1.54) is 21.9 Å². The molecule has 29 heavy (non-hydrogen) atoms. The van der Waals surface area contributed by atoms with E-state index in [1.807, 2.05) is 17.9 Å². The summed E-state index contributed by atoms with van der Waals surface area (Å²) in [5.74, 6) is 0.823. The number of hydrogen-bond donors (Lipinski definition) is 2. The lowest BCUT2D eigenvalue weighted by molar-refractivity contribution is 0.306. The monoisotopic (exact) mass is 392 g/mol. The van der Waals surface area contributed by atoms with Gasteiger partial charge in [-0.1, -0.05) is 42.5 Å². The summed E-state index contributed by atoms with van der Waals surface area (Å²) in [6, 6.07) is 15.3. The Morgan fingerprint density at radius 2 is 1.93 bits per heavy atom. The number of nitrogens with zero attached hydrogens (tertiary/aromatic N) is 4. The van der Waals surface area contributed by atoms with Crippen LogP contribution in [0.2, 0.25) is 0 Å². The Balaban J connectivity index is 1.79. The van der Waals surface area contributed by atoms with Crippen LogP contribution in [0.3, 0.4) is 0 Å². The minimum absolute atomic E-state index is 0.134. The maximum atomic E-state index is 4.88. The van der Waals surface area contributed by atoms with E-state index in [0.717, 1.165) is 12.5 Å². The molecule has 0 amide bonds. The number of rotatable bonds is 7. The van der Waals surface area contributed by atoms with Gasteiger partial charge < -0.3 is 15.5 Å². The molecule has 0 saturated heterocycles. The van der Waals surface area contributed by atoms with E-state index in [-0.39, 0.29) is 12.1 Å². The number of aromatic nitrogens is 2. The quantitative estimate of drug-likeness (QED) is 0.477. The van der Waals surface area contributed by atoms with Crippen LogP contribution < -0.4 is 10.6 Å². The van der Waals surface area contributed by atoms with Crippen molar-refractivity contribution < 1.29 is 0 Å². The molecule has 0 spiro atoms. The van der Waals surface area contributed by atoms with Crippen LogP contribution in [0.15, 0.2) is 59.9 Å². The Hall–Kier alpha value is -2.86. The molecule has 0 bridgehead atoms. The number of fused-ring (bicyclic) bond motifs is 1. The Morgan fingerprint density at radius 1 is 1.17 bits per heavy atom. The van der Waals surface area contributed by atoms with Gasteiger partial charge in [0.15, 0.2) is 5.96 Å². The number of likely N-dealkylation sites (N-methyl/N-ethyl adjacent to an activating group) is 1. The van der Waals surface area contributed by atoms with Crippen LogP contribution in [-0.4, -0.2) is 47.8 Å². The van der Waals surface area contributed by atoms with E-state index in [2.05, 4.69) is 97.2 Å². The number of nitrogens with one attached hydrogen (secondary N) is 2. The fourth-order valence-electron chi connectivity index (χ4n) is 3.59. The van der Waals surface area contributed by atoms with Gasteiger partial charge in [0.1, 0.15) is 0 Å². The number of guanidine groups is 1. The minimum atomic E-state index is 0.134. The molecule has 0 fully saturated rings. The Bertz CT molecular complexity index is 953. The molecule has 0 radical (unpaired) electrons. The summed E-state index contributed by atoms with van der Waals surface area (Å²) in [4.78, 5) is 7.06. The molecule has 3 aromatic rings. The predicted octanol–water partition coefficient (Wildman–Crippen LogP) is 3.49. The van der Waals surface area contributed by atoms with E-state index in [1.54, 1.807) is 0 Å². The van der Waals surface area contributed by atoms with E-state index in [0.29, 0.717) is 6.54 Å². The zero-order valence-electron chi connectivity index (χ0n) is 18.1. The van der Waals surface area contributed by atoms with E-state index < -0.39 is 0 Å². The molecular weight excluding hydrogens is 360 g/mol. The number of hydrogen-bond acceptors (Lipinski definition) is 3. The van der Waals surface area contributed by atoms with Crippen molar-refractivity contribution in [2.75, 3.05) is 27.2 Å². The van der Waals surface area contributed by atoms with Crippen molar-refractivity contribution in [1.82, 2.24) is 25.3 Å². The first-order valence-corrected chi connectivity index (χ1v) is 10.2. The summed E-state index contributed by atoms with van der Waals surface area (Å²) >= 11 is 0. The van der Waals surface area contributed by atoms with Gasteiger partial charge in [0.05, 0.1) is 24.8 Å². The summed E-state index contributed by atoms with van der Waals surface area (Å²) in [5.41, 5.74) is 2.43. The zero-order valence-corrected chi connectivity index (χ0v) is 18.1. The van der Waals surface area contributed by atoms with Gasteiger partial charge in [-0.2, -0.15) is 5.10 Å². The topological polar surface area (TPSA) is 57.5 Å². The Labute approximate surface area is 173 Å². The van der Waals surface area contributed by atoms with E-state index in [4.69, 9.17) is 4.99 Å². The highest BCUT2D eigenvalue weighted by Gasteiger charge is 2.17. The maximum Gasteiger partial charge on any atom is 0.191 e. The van der Waals surface area contributed by atoms with Gasteiger partial charge in [0.25, 0.3) is 0 Å². The second-order valence-corrected chi connectivity index (χ2v) is 7.58. The second kappa shape index (κ2) is 9.56. The maximum absolute atomic E-state index is 4.88. The lowest BCUT2D eigenvalue weighted by Gasteiger charge is -2.23. The van der Waals surface area contributed by atoms with Crippen molar-refractivity contribution in [1.29, 1.82) is 0 Å². The molecular formula is C23H32N6. The molecule has 0 saturated carbocycles. The molecule has 0 aliphatic heterocycles. The average molecular weight is 393 g/mol. The first kappa shape index (κ1) is 20.9. The fraction of sp³-hybridized carbons (Fsp3) is 0.391. The van der Waals surface area contributed by atoms with Gasteiger partial charge in [-0.25, -0.2) is 0 Å². The van der Waals surface area contributed by atoms with Crippen molar-refractivity contribution in [2.45, 2.75) is 25.9 Å². The van der Waals surface area contributed by atoms with Crippen LogP contribution in [0.5, 0.6) is 0 Å². The normalized spacial score (nSPS) is 14.2. The molecule has 0 aliphatic rings. The molecule has 2 atom stereocenters. The van der Waals surface area contributed by atoms with Gasteiger partial charge in [-0.3, -0.25) is 9.67 Å². The van der Waals surface area contributed by atoms with Gasteiger partial charge >= 0.3 is 0 Å². The van der Waals surface area contributed by atoms with E-state index in [9.17, 15) is 0 Å². The van der Waals surface area contributed by atoms with Crippen LogP contribution in [-0.2, 0) is 7.05 Å². The van der Waals surface area contributed by atoms with Gasteiger partial charge in [-0.15, -0.1) is 0 Å². The first-order valence-electron chi connectivity index (χ1n) is 10.2. The summed E-state index contributed by atoms with van der Waals surface area (Å²) in [6.07, 6.45) is 3.97. The molecule has 6 heteroatoms. The molecule has 2 aromatic carbocycles. The van der Waals surface area contributed by atoms with Gasteiger partial charge in [-0.05, 0) is 44.3 Å². The standard InChI is InChI=1S/C23H32N6/c1-6-24-23(25-15-22(28(3)4)19-14-26-29(5)16-19)27-17(2)20-13-9-11-18-10-7-8-12-21(18)20/h7-14,16-17,22H,6,15H2,1-5H3,(H2,24,25,27). The third-order valence-corrected chi connectivity index (χ3v) is 5.14. The lowest BCUT2D eigenvalue weighted by Crippen LogP contribution is -2.39. The Morgan fingerprint density at radius 3 is 2.62 bits per heavy atom. The van der Waals surface area contributed by atoms with Crippen molar-refractivity contribution >= 4 is 16.7 Å². The third kappa shape index (κ3) is 5.15. The van der Waals surface area contributed by atoms with Gasteiger partial charge in [0.2, 0.25) is 0 Å². The second-order valence-electron chi connectivity index (χ2n) is 7.58. The minimum Gasteiger partial charge on any atom is -0.357 e. The predicted molar refractivity (Wildman–Crippen MR) is 121 cm³/mol. The van der Waals surface area contributed by atoms with Crippen molar-refractivity contribution in [3.8, 4) is 0 Å². The van der Waals surface area contributed by atoms with E-state index >= 15 is 0 Å². The fourth-order valence-corrected chi connectivity index (χ4v) is 3.59. The molecule has 2 unspecified atom stereocenters. The van der Waals surface area contributed by atoms with Crippen molar-refractivity contribution in [2.24, 2.45) is 12.0 Å².